The minimum atomic E-state index is 0.322. The first-order valence-electron chi connectivity index (χ1n) is 4.03. The molecule has 1 radical (unpaired) electrons. The molecule has 0 aliphatic rings. The van der Waals surface area contributed by atoms with E-state index in [0.29, 0.717) is 5.75 Å². The van der Waals surface area contributed by atoms with Gasteiger partial charge >= 0.3 is 0 Å². The second-order valence-electron chi connectivity index (χ2n) is 3.13. The molecule has 0 saturated heterocycles. The van der Waals surface area contributed by atoms with E-state index in [2.05, 4.69) is 11.0 Å². The molecule has 0 heterocycles. The minimum absolute atomic E-state index is 0.322. The average molecular weight is 164 g/mol. The summed E-state index contributed by atoms with van der Waals surface area (Å²) in [6.07, 6.45) is 0.932. The van der Waals surface area contributed by atoms with Crippen molar-refractivity contribution in [3.05, 3.63) is 29.8 Å². The Balaban J connectivity index is 2.52. The highest BCUT2D eigenvalue weighted by molar-refractivity contribution is 5.26. The molecule has 1 N–H and O–H groups in total. The molecule has 0 spiro atoms. The Bertz CT molecular complexity index is 245. The molecule has 1 aromatic rings. The third-order valence-corrected chi connectivity index (χ3v) is 1.67. The fourth-order valence-electron chi connectivity index (χ4n) is 0.991. The van der Waals surface area contributed by atoms with Crippen molar-refractivity contribution in [2.75, 3.05) is 20.6 Å². The van der Waals surface area contributed by atoms with Gasteiger partial charge < -0.3 is 10.0 Å². The molecule has 65 valence electrons. The summed E-state index contributed by atoms with van der Waals surface area (Å²) in [6.45, 7) is 0.986. The predicted molar refractivity (Wildman–Crippen MR) is 49.2 cm³/mol. The smallest absolute Gasteiger partial charge is 0.115 e. The van der Waals surface area contributed by atoms with E-state index in [-0.39, 0.29) is 0 Å². The van der Waals surface area contributed by atoms with Crippen molar-refractivity contribution in [3.63, 3.8) is 0 Å². The molecule has 1 aromatic carbocycles. The Labute approximate surface area is 73.4 Å². The molecule has 0 aromatic heterocycles. The number of phenols is 1. The largest absolute Gasteiger partial charge is 0.508 e. The van der Waals surface area contributed by atoms with Crippen molar-refractivity contribution < 1.29 is 5.11 Å². The van der Waals surface area contributed by atoms with Crippen LogP contribution < -0.4 is 0 Å². The molecular formula is C10H14NO. The van der Waals surface area contributed by atoms with Crippen LogP contribution in [0.4, 0.5) is 0 Å². The summed E-state index contributed by atoms with van der Waals surface area (Å²) in [5.74, 6) is 0.322. The lowest BCUT2D eigenvalue weighted by Gasteiger charge is -2.08. The van der Waals surface area contributed by atoms with Crippen molar-refractivity contribution in [2.24, 2.45) is 0 Å². The lowest BCUT2D eigenvalue weighted by molar-refractivity contribution is 0.412. The highest BCUT2D eigenvalue weighted by atomic mass is 16.3. The number of aromatic hydroxyl groups is 1. The van der Waals surface area contributed by atoms with E-state index in [9.17, 15) is 0 Å². The van der Waals surface area contributed by atoms with Crippen molar-refractivity contribution in [1.29, 1.82) is 0 Å². The zero-order valence-corrected chi connectivity index (χ0v) is 7.54. The van der Waals surface area contributed by atoms with Crippen LogP contribution in [-0.4, -0.2) is 30.6 Å². The van der Waals surface area contributed by atoms with Gasteiger partial charge in [-0.2, -0.15) is 0 Å². The van der Waals surface area contributed by atoms with E-state index in [1.807, 2.05) is 14.1 Å². The molecule has 0 aliphatic carbocycles. The summed E-state index contributed by atoms with van der Waals surface area (Å²) in [6, 6.07) is 8.22. The molecule has 0 atom stereocenters. The van der Waals surface area contributed by atoms with Gasteiger partial charge in [-0.05, 0) is 44.3 Å². The van der Waals surface area contributed by atoms with Crippen LogP contribution in [0, 0.1) is 6.07 Å². The molecule has 0 saturated carbocycles. The Hall–Kier alpha value is -1.02. The lowest BCUT2D eigenvalue weighted by Crippen LogP contribution is -2.14. The number of rotatable bonds is 3. The van der Waals surface area contributed by atoms with Crippen LogP contribution >= 0.6 is 0 Å². The second kappa shape index (κ2) is 4.12. The van der Waals surface area contributed by atoms with Crippen molar-refractivity contribution in [2.45, 2.75) is 6.42 Å². The number of benzene rings is 1. The number of hydrogen-bond acceptors (Lipinski definition) is 2. The van der Waals surface area contributed by atoms with Crippen molar-refractivity contribution in [1.82, 2.24) is 4.90 Å². The van der Waals surface area contributed by atoms with E-state index in [1.54, 1.807) is 18.2 Å². The van der Waals surface area contributed by atoms with Gasteiger partial charge in [-0.1, -0.05) is 6.07 Å². The van der Waals surface area contributed by atoms with E-state index in [1.165, 1.54) is 0 Å². The summed E-state index contributed by atoms with van der Waals surface area (Å²) in [7, 11) is 4.06. The van der Waals surface area contributed by atoms with E-state index in [4.69, 9.17) is 5.11 Å². The molecule has 12 heavy (non-hydrogen) atoms. The SMILES string of the molecule is CN(C)CCc1[c]ccc(O)c1. The van der Waals surface area contributed by atoms with E-state index in [0.717, 1.165) is 18.5 Å². The van der Waals surface area contributed by atoms with Gasteiger partial charge in [0.1, 0.15) is 5.75 Å². The standard InChI is InChI=1S/C10H14NO/c1-11(2)7-6-9-4-3-5-10(12)8-9/h3,5,8,12H,6-7H2,1-2H3. The Morgan fingerprint density at radius 2 is 2.25 bits per heavy atom. The fraction of sp³-hybridized carbons (Fsp3) is 0.400. The molecule has 0 bridgehead atoms. The summed E-state index contributed by atoms with van der Waals surface area (Å²) in [5, 5.41) is 9.14. The first kappa shape index (κ1) is 9.07. The maximum absolute atomic E-state index is 9.14. The number of nitrogens with zero attached hydrogens (tertiary/aromatic N) is 1. The van der Waals surface area contributed by atoms with Crippen LogP contribution in [0.25, 0.3) is 0 Å². The minimum Gasteiger partial charge on any atom is -0.508 e. The average Bonchev–Trinajstić information content (AvgIpc) is 2.01. The van der Waals surface area contributed by atoms with Crippen LogP contribution in [0.15, 0.2) is 18.2 Å². The van der Waals surface area contributed by atoms with Gasteiger partial charge in [-0.25, -0.2) is 0 Å². The van der Waals surface area contributed by atoms with Gasteiger partial charge in [0.15, 0.2) is 0 Å². The summed E-state index contributed by atoms with van der Waals surface area (Å²) >= 11 is 0. The predicted octanol–water partition coefficient (Wildman–Crippen LogP) is 1.30. The van der Waals surface area contributed by atoms with Crippen LogP contribution in [0.3, 0.4) is 0 Å². The number of phenolic OH excluding ortho intramolecular Hbond substituents is 1. The molecule has 0 aliphatic heterocycles. The quantitative estimate of drug-likeness (QED) is 0.727. The Kier molecular flexibility index (Phi) is 3.11. The molecule has 1 rings (SSSR count). The lowest BCUT2D eigenvalue weighted by atomic mass is 10.1. The van der Waals surface area contributed by atoms with Crippen LogP contribution in [0.2, 0.25) is 0 Å². The normalized spacial score (nSPS) is 10.6. The monoisotopic (exact) mass is 164 g/mol. The summed E-state index contributed by atoms with van der Waals surface area (Å²) < 4.78 is 0. The third-order valence-electron chi connectivity index (χ3n) is 1.67. The first-order valence-corrected chi connectivity index (χ1v) is 4.03. The zero-order chi connectivity index (χ0) is 8.97. The van der Waals surface area contributed by atoms with Crippen molar-refractivity contribution in [3.8, 4) is 5.75 Å². The van der Waals surface area contributed by atoms with Gasteiger partial charge in [0, 0.05) is 6.54 Å². The summed E-state index contributed by atoms with van der Waals surface area (Å²) in [4.78, 5) is 2.11. The molecule has 0 fully saturated rings. The maximum atomic E-state index is 9.14. The Morgan fingerprint density at radius 3 is 2.83 bits per heavy atom. The molecule has 0 amide bonds. The molecule has 2 heteroatoms. The van der Waals surface area contributed by atoms with E-state index >= 15 is 0 Å². The summed E-state index contributed by atoms with van der Waals surface area (Å²) in [5.41, 5.74) is 1.06. The van der Waals surface area contributed by atoms with Gasteiger partial charge in [0.2, 0.25) is 0 Å². The number of likely N-dealkylation sites (N-methyl/N-ethyl adjacent to an activating group) is 1. The van der Waals surface area contributed by atoms with Gasteiger partial charge in [0.25, 0.3) is 0 Å². The maximum Gasteiger partial charge on any atom is 0.115 e. The number of hydrogen-bond donors (Lipinski definition) is 1. The van der Waals surface area contributed by atoms with Crippen LogP contribution in [0.1, 0.15) is 5.56 Å². The van der Waals surface area contributed by atoms with Gasteiger partial charge in [0.05, 0.1) is 0 Å². The molecular weight excluding hydrogens is 150 g/mol. The second-order valence-corrected chi connectivity index (χ2v) is 3.13. The topological polar surface area (TPSA) is 23.5 Å². The highest BCUT2D eigenvalue weighted by Gasteiger charge is 1.95. The fourth-order valence-corrected chi connectivity index (χ4v) is 0.991. The van der Waals surface area contributed by atoms with Gasteiger partial charge in [-0.3, -0.25) is 0 Å². The molecule has 0 unspecified atom stereocenters. The van der Waals surface area contributed by atoms with Crippen LogP contribution in [0.5, 0.6) is 5.75 Å². The Morgan fingerprint density at radius 1 is 1.50 bits per heavy atom. The first-order chi connectivity index (χ1) is 5.68. The highest BCUT2D eigenvalue weighted by Crippen LogP contribution is 2.10. The van der Waals surface area contributed by atoms with E-state index < -0.39 is 0 Å². The van der Waals surface area contributed by atoms with Gasteiger partial charge in [-0.15, -0.1) is 0 Å². The zero-order valence-electron chi connectivity index (χ0n) is 7.54. The molecule has 2 nitrogen and oxygen atoms in total. The van der Waals surface area contributed by atoms with Crippen molar-refractivity contribution >= 4 is 0 Å². The van der Waals surface area contributed by atoms with Crippen LogP contribution in [-0.2, 0) is 6.42 Å². The third kappa shape index (κ3) is 2.93.